The van der Waals surface area contributed by atoms with E-state index in [9.17, 15) is 14.0 Å². The van der Waals surface area contributed by atoms with Crippen LogP contribution in [0.25, 0.3) is 0 Å². The van der Waals surface area contributed by atoms with E-state index in [-0.39, 0.29) is 5.56 Å². The van der Waals surface area contributed by atoms with Gasteiger partial charge < -0.3 is 10.2 Å². The molecule has 21 heavy (non-hydrogen) atoms. The SMILES string of the molecule is CCN(c1ccccc1)c1cc2c(cc1F)C(=O)C(=O)N2. The van der Waals surface area contributed by atoms with Gasteiger partial charge in [-0.3, -0.25) is 9.59 Å². The number of hydrogen-bond donors (Lipinski definition) is 1. The van der Waals surface area contributed by atoms with E-state index < -0.39 is 17.5 Å². The van der Waals surface area contributed by atoms with Crippen molar-refractivity contribution in [3.63, 3.8) is 0 Å². The number of amides is 1. The Kier molecular flexibility index (Phi) is 3.17. The summed E-state index contributed by atoms with van der Waals surface area (Å²) in [5.41, 5.74) is 1.62. The number of Topliss-reactive ketones (excluding diaryl/α,β-unsaturated/α-hetero) is 1. The molecule has 1 aliphatic rings. The largest absolute Gasteiger partial charge is 0.339 e. The number of hydrogen-bond acceptors (Lipinski definition) is 3. The number of anilines is 3. The van der Waals surface area contributed by atoms with Crippen LogP contribution in [0, 0.1) is 5.82 Å². The molecule has 0 spiro atoms. The van der Waals surface area contributed by atoms with Crippen LogP contribution in [0.15, 0.2) is 42.5 Å². The molecule has 0 aliphatic carbocycles. The first-order chi connectivity index (χ1) is 10.1. The molecule has 0 radical (unpaired) electrons. The lowest BCUT2D eigenvalue weighted by atomic mass is 10.1. The minimum absolute atomic E-state index is 0.0883. The van der Waals surface area contributed by atoms with Gasteiger partial charge in [0, 0.05) is 12.2 Å². The van der Waals surface area contributed by atoms with E-state index in [4.69, 9.17) is 0 Å². The molecule has 106 valence electrons. The van der Waals surface area contributed by atoms with E-state index in [0.29, 0.717) is 17.9 Å². The van der Waals surface area contributed by atoms with Gasteiger partial charge >= 0.3 is 0 Å². The van der Waals surface area contributed by atoms with Gasteiger partial charge in [0.05, 0.1) is 16.9 Å². The van der Waals surface area contributed by atoms with Crippen LogP contribution in [0.2, 0.25) is 0 Å². The van der Waals surface area contributed by atoms with E-state index in [1.807, 2.05) is 37.3 Å². The molecule has 2 aromatic rings. The van der Waals surface area contributed by atoms with Crippen LogP contribution >= 0.6 is 0 Å². The molecule has 1 heterocycles. The smallest absolute Gasteiger partial charge is 0.296 e. The molecule has 1 amide bonds. The Bertz CT molecular complexity index is 729. The summed E-state index contributed by atoms with van der Waals surface area (Å²) in [6.45, 7) is 2.46. The Morgan fingerprint density at radius 1 is 1.14 bits per heavy atom. The lowest BCUT2D eigenvalue weighted by Crippen LogP contribution is -2.17. The number of halogens is 1. The number of nitrogens with one attached hydrogen (secondary N) is 1. The first-order valence-electron chi connectivity index (χ1n) is 6.63. The van der Waals surface area contributed by atoms with Crippen LogP contribution in [0.4, 0.5) is 21.5 Å². The lowest BCUT2D eigenvalue weighted by molar-refractivity contribution is -0.112. The van der Waals surface area contributed by atoms with Crippen molar-refractivity contribution in [3.05, 3.63) is 53.8 Å². The Labute approximate surface area is 121 Å². The second kappa shape index (κ2) is 5.01. The number of fused-ring (bicyclic) bond motifs is 1. The van der Waals surface area contributed by atoms with Crippen molar-refractivity contribution in [2.75, 3.05) is 16.8 Å². The summed E-state index contributed by atoms with van der Waals surface area (Å²) >= 11 is 0. The van der Waals surface area contributed by atoms with Gasteiger partial charge in [0.1, 0.15) is 5.82 Å². The number of carbonyl (C=O) groups excluding carboxylic acids is 2. The molecule has 4 nitrogen and oxygen atoms in total. The van der Waals surface area contributed by atoms with Crippen LogP contribution in [-0.2, 0) is 4.79 Å². The first kappa shape index (κ1) is 13.3. The average molecular weight is 284 g/mol. The van der Waals surface area contributed by atoms with Crippen LogP contribution in [0.5, 0.6) is 0 Å². The van der Waals surface area contributed by atoms with E-state index in [2.05, 4.69) is 5.32 Å². The fourth-order valence-electron chi connectivity index (χ4n) is 2.46. The third kappa shape index (κ3) is 2.16. The summed E-state index contributed by atoms with van der Waals surface area (Å²) in [5.74, 6) is -1.94. The Hall–Kier alpha value is -2.69. The second-order valence-electron chi connectivity index (χ2n) is 4.71. The summed E-state index contributed by atoms with van der Waals surface area (Å²) in [6.07, 6.45) is 0. The number of para-hydroxylation sites is 1. The fourth-order valence-corrected chi connectivity index (χ4v) is 2.46. The first-order valence-corrected chi connectivity index (χ1v) is 6.63. The highest BCUT2D eigenvalue weighted by Gasteiger charge is 2.30. The van der Waals surface area contributed by atoms with Crippen LogP contribution in [0.3, 0.4) is 0 Å². The van der Waals surface area contributed by atoms with E-state index in [0.717, 1.165) is 11.8 Å². The lowest BCUT2D eigenvalue weighted by Gasteiger charge is -2.24. The standard InChI is InChI=1S/C16H13FN2O2/c1-2-19(10-6-4-3-5-7-10)14-9-13-11(8-12(14)17)15(20)16(21)18-13/h3-9H,2H2,1H3,(H,18,20,21). The van der Waals surface area contributed by atoms with Gasteiger partial charge in [0.25, 0.3) is 11.7 Å². The highest BCUT2D eigenvalue weighted by atomic mass is 19.1. The van der Waals surface area contributed by atoms with E-state index in [1.165, 1.54) is 6.07 Å². The maximum atomic E-state index is 14.3. The summed E-state index contributed by atoms with van der Waals surface area (Å²) < 4.78 is 14.3. The number of rotatable bonds is 3. The van der Waals surface area contributed by atoms with Crippen LogP contribution < -0.4 is 10.2 Å². The predicted octanol–water partition coefficient (Wildman–Crippen LogP) is 3.12. The van der Waals surface area contributed by atoms with Crippen LogP contribution in [0.1, 0.15) is 17.3 Å². The maximum absolute atomic E-state index is 14.3. The zero-order chi connectivity index (χ0) is 15.0. The third-order valence-corrected chi connectivity index (χ3v) is 3.46. The molecule has 0 atom stereocenters. The van der Waals surface area contributed by atoms with Gasteiger partial charge in [0.2, 0.25) is 0 Å². The fraction of sp³-hybridized carbons (Fsp3) is 0.125. The van der Waals surface area contributed by atoms with Gasteiger partial charge in [-0.1, -0.05) is 18.2 Å². The Morgan fingerprint density at radius 3 is 2.52 bits per heavy atom. The molecule has 0 fully saturated rings. The molecule has 0 saturated carbocycles. The molecular weight excluding hydrogens is 271 g/mol. The van der Waals surface area contributed by atoms with Crippen molar-refractivity contribution >= 4 is 28.8 Å². The minimum atomic E-state index is -0.718. The van der Waals surface area contributed by atoms with Crippen molar-refractivity contribution < 1.29 is 14.0 Å². The molecule has 1 aliphatic heterocycles. The summed E-state index contributed by atoms with van der Waals surface area (Å²) in [7, 11) is 0. The maximum Gasteiger partial charge on any atom is 0.296 e. The normalized spacial score (nSPS) is 13.0. The van der Waals surface area contributed by atoms with Crippen molar-refractivity contribution in [2.24, 2.45) is 0 Å². The Morgan fingerprint density at radius 2 is 1.86 bits per heavy atom. The molecular formula is C16H13FN2O2. The monoisotopic (exact) mass is 284 g/mol. The van der Waals surface area contributed by atoms with E-state index >= 15 is 0 Å². The van der Waals surface area contributed by atoms with Crippen molar-refractivity contribution in [2.45, 2.75) is 6.92 Å². The molecule has 0 aromatic heterocycles. The number of ketones is 1. The molecule has 3 rings (SSSR count). The summed E-state index contributed by atoms with van der Waals surface area (Å²) in [6, 6.07) is 12.0. The van der Waals surface area contributed by atoms with Crippen molar-refractivity contribution in [3.8, 4) is 0 Å². The van der Waals surface area contributed by atoms with Gasteiger partial charge in [-0.2, -0.15) is 0 Å². The number of nitrogens with zero attached hydrogens (tertiary/aromatic N) is 1. The van der Waals surface area contributed by atoms with Crippen molar-refractivity contribution in [1.29, 1.82) is 0 Å². The predicted molar refractivity (Wildman–Crippen MR) is 78.5 cm³/mol. The average Bonchev–Trinajstić information content (AvgIpc) is 2.76. The van der Waals surface area contributed by atoms with Gasteiger partial charge in [-0.25, -0.2) is 4.39 Å². The zero-order valence-electron chi connectivity index (χ0n) is 11.4. The molecule has 0 bridgehead atoms. The van der Waals surface area contributed by atoms with Crippen LogP contribution in [-0.4, -0.2) is 18.2 Å². The molecule has 0 unspecified atom stereocenters. The zero-order valence-corrected chi connectivity index (χ0v) is 11.4. The van der Waals surface area contributed by atoms with E-state index in [1.54, 1.807) is 4.90 Å². The number of carbonyl (C=O) groups is 2. The van der Waals surface area contributed by atoms with Crippen molar-refractivity contribution in [1.82, 2.24) is 0 Å². The highest BCUT2D eigenvalue weighted by molar-refractivity contribution is 6.51. The minimum Gasteiger partial charge on any atom is -0.339 e. The molecule has 0 saturated heterocycles. The molecule has 1 N–H and O–H groups in total. The van der Waals surface area contributed by atoms with Gasteiger partial charge in [0.15, 0.2) is 0 Å². The second-order valence-corrected chi connectivity index (χ2v) is 4.71. The quantitative estimate of drug-likeness (QED) is 0.881. The van der Waals surface area contributed by atoms with Gasteiger partial charge in [-0.05, 0) is 31.2 Å². The molecule has 5 heteroatoms. The summed E-state index contributed by atoms with van der Waals surface area (Å²) in [4.78, 5) is 24.7. The molecule has 2 aromatic carbocycles. The Balaban J connectivity index is 2.09. The topological polar surface area (TPSA) is 49.4 Å². The van der Waals surface area contributed by atoms with Gasteiger partial charge in [-0.15, -0.1) is 0 Å². The summed E-state index contributed by atoms with van der Waals surface area (Å²) in [5, 5.41) is 2.46. The third-order valence-electron chi connectivity index (χ3n) is 3.46. The number of benzene rings is 2. The highest BCUT2D eigenvalue weighted by Crippen LogP contribution is 2.34.